The Labute approximate surface area is 219 Å². The molecule has 2 aromatic carbocycles. The van der Waals surface area contributed by atoms with Crippen LogP contribution >= 0.6 is 0 Å². The molecule has 4 heteroatoms. The van der Waals surface area contributed by atoms with E-state index in [1.165, 1.54) is 5.56 Å². The summed E-state index contributed by atoms with van der Waals surface area (Å²) >= 11 is 0. The number of benzene rings is 2. The summed E-state index contributed by atoms with van der Waals surface area (Å²) in [5.74, 6) is 0.00219. The van der Waals surface area contributed by atoms with Crippen LogP contribution in [0.25, 0.3) is 0 Å². The third-order valence-electron chi connectivity index (χ3n) is 6.28. The van der Waals surface area contributed by atoms with E-state index in [-0.39, 0.29) is 28.1 Å². The van der Waals surface area contributed by atoms with Gasteiger partial charge in [-0.15, -0.1) is 0 Å². The van der Waals surface area contributed by atoms with E-state index in [1.807, 2.05) is 12.1 Å². The molecule has 0 heterocycles. The van der Waals surface area contributed by atoms with Gasteiger partial charge >= 0.3 is 5.97 Å². The van der Waals surface area contributed by atoms with Gasteiger partial charge in [0.15, 0.2) is 0 Å². The molecule has 0 aliphatic heterocycles. The zero-order valence-electron chi connectivity index (χ0n) is 25.0. The van der Waals surface area contributed by atoms with Crippen molar-refractivity contribution in [3.05, 3.63) is 57.6 Å². The standard InChI is InChI=1S/C17H26O3.C15H24O/c1-16(2,3)12-9-11(7-8-14(18)19)10-13(15(12)20)17(4,5)6;1-10-8-11(14(2,3)4)13(16)12(9-10)15(5,6)7/h9-10,20H,7-8H2,1-6H3,(H,18,19);8-9,16H,1-7H3. The van der Waals surface area contributed by atoms with Crippen LogP contribution in [0, 0.1) is 6.92 Å². The molecule has 2 aromatic rings. The number of aryl methyl sites for hydroxylation is 2. The van der Waals surface area contributed by atoms with E-state index in [4.69, 9.17) is 5.11 Å². The Bertz CT molecular complexity index is 995. The van der Waals surface area contributed by atoms with E-state index >= 15 is 0 Å². The first-order valence-electron chi connectivity index (χ1n) is 12.9. The van der Waals surface area contributed by atoms with E-state index in [1.54, 1.807) is 0 Å². The fourth-order valence-corrected chi connectivity index (χ4v) is 4.16. The largest absolute Gasteiger partial charge is 0.507 e. The van der Waals surface area contributed by atoms with Crippen LogP contribution in [0.15, 0.2) is 24.3 Å². The molecule has 0 fully saturated rings. The normalized spacial score (nSPS) is 12.7. The summed E-state index contributed by atoms with van der Waals surface area (Å²) in [4.78, 5) is 10.8. The first-order chi connectivity index (χ1) is 16.0. The number of carboxylic acids is 1. The van der Waals surface area contributed by atoms with E-state index in [9.17, 15) is 15.0 Å². The van der Waals surface area contributed by atoms with Crippen molar-refractivity contribution in [1.82, 2.24) is 0 Å². The Morgan fingerprint density at radius 3 is 1.14 bits per heavy atom. The first-order valence-corrected chi connectivity index (χ1v) is 12.9. The van der Waals surface area contributed by atoms with Crippen LogP contribution in [0.3, 0.4) is 0 Å². The number of aromatic hydroxyl groups is 2. The molecule has 36 heavy (non-hydrogen) atoms. The van der Waals surface area contributed by atoms with E-state index < -0.39 is 5.97 Å². The van der Waals surface area contributed by atoms with Gasteiger partial charge in [0, 0.05) is 6.42 Å². The minimum Gasteiger partial charge on any atom is -0.507 e. The van der Waals surface area contributed by atoms with Crippen LogP contribution in [-0.2, 0) is 32.9 Å². The highest BCUT2D eigenvalue weighted by atomic mass is 16.4. The molecule has 0 unspecified atom stereocenters. The van der Waals surface area contributed by atoms with Crippen molar-refractivity contribution in [3.63, 3.8) is 0 Å². The molecular formula is C32H50O4. The zero-order chi connectivity index (χ0) is 28.4. The minimum atomic E-state index is -0.798. The summed E-state index contributed by atoms with van der Waals surface area (Å²) in [5.41, 5.74) is 5.64. The number of rotatable bonds is 3. The Morgan fingerprint density at radius 1 is 0.611 bits per heavy atom. The fourth-order valence-electron chi connectivity index (χ4n) is 4.16. The Kier molecular flexibility index (Phi) is 9.52. The number of hydrogen-bond acceptors (Lipinski definition) is 3. The summed E-state index contributed by atoms with van der Waals surface area (Å²) in [6.45, 7) is 27.2. The van der Waals surface area contributed by atoms with Crippen LogP contribution < -0.4 is 0 Å². The van der Waals surface area contributed by atoms with Crippen molar-refractivity contribution in [2.75, 3.05) is 0 Å². The van der Waals surface area contributed by atoms with Gasteiger partial charge in [-0.05, 0) is 62.8 Å². The molecule has 0 amide bonds. The molecule has 0 spiro atoms. The lowest BCUT2D eigenvalue weighted by Crippen LogP contribution is -2.18. The highest BCUT2D eigenvalue weighted by Gasteiger charge is 2.27. The van der Waals surface area contributed by atoms with Crippen molar-refractivity contribution in [2.24, 2.45) is 0 Å². The fraction of sp³-hybridized carbons (Fsp3) is 0.594. The van der Waals surface area contributed by atoms with Crippen molar-refractivity contribution in [3.8, 4) is 11.5 Å². The van der Waals surface area contributed by atoms with Crippen LogP contribution in [0.4, 0.5) is 0 Å². The number of carbonyl (C=O) groups is 1. The van der Waals surface area contributed by atoms with Gasteiger partial charge in [-0.25, -0.2) is 0 Å². The van der Waals surface area contributed by atoms with Gasteiger partial charge in [0.1, 0.15) is 11.5 Å². The van der Waals surface area contributed by atoms with Gasteiger partial charge in [0.05, 0.1) is 0 Å². The molecule has 0 atom stereocenters. The Balaban J connectivity index is 0.000000369. The number of phenolic OH excluding ortho intramolecular Hbond substituents is 2. The number of carboxylic acid groups (broad SMARTS) is 1. The molecule has 0 aliphatic carbocycles. The highest BCUT2D eigenvalue weighted by Crippen LogP contribution is 2.41. The monoisotopic (exact) mass is 498 g/mol. The topological polar surface area (TPSA) is 77.8 Å². The Hall–Kier alpha value is -2.49. The zero-order valence-corrected chi connectivity index (χ0v) is 25.0. The quantitative estimate of drug-likeness (QED) is 0.398. The first kappa shape index (κ1) is 31.5. The molecule has 4 nitrogen and oxygen atoms in total. The molecule has 0 aromatic heterocycles. The number of phenols is 2. The van der Waals surface area contributed by atoms with Gasteiger partial charge < -0.3 is 15.3 Å². The van der Waals surface area contributed by atoms with E-state index in [2.05, 4.69) is 102 Å². The van der Waals surface area contributed by atoms with Crippen LogP contribution in [-0.4, -0.2) is 21.3 Å². The summed E-state index contributed by atoms with van der Waals surface area (Å²) in [7, 11) is 0. The lowest BCUT2D eigenvalue weighted by atomic mass is 9.78. The molecule has 202 valence electrons. The van der Waals surface area contributed by atoms with Crippen LogP contribution in [0.5, 0.6) is 11.5 Å². The summed E-state index contributed by atoms with van der Waals surface area (Å²) in [6, 6.07) is 8.05. The van der Waals surface area contributed by atoms with E-state index in [0.717, 1.165) is 27.8 Å². The third kappa shape index (κ3) is 8.57. The average Bonchev–Trinajstić information content (AvgIpc) is 2.65. The van der Waals surface area contributed by atoms with E-state index in [0.29, 0.717) is 17.9 Å². The SMILES string of the molecule is CC(C)(C)c1cc(CCC(=O)O)cc(C(C)(C)C)c1O.Cc1cc(C(C)(C)C)c(O)c(C(C)(C)C)c1. The highest BCUT2D eigenvalue weighted by molar-refractivity contribution is 5.67. The molecular weight excluding hydrogens is 448 g/mol. The molecule has 0 saturated carbocycles. The van der Waals surface area contributed by atoms with Crippen LogP contribution in [0.1, 0.15) is 123 Å². The predicted octanol–water partition coefficient (Wildman–Crippen LogP) is 8.30. The lowest BCUT2D eigenvalue weighted by Gasteiger charge is -2.28. The van der Waals surface area contributed by atoms with Crippen molar-refractivity contribution in [1.29, 1.82) is 0 Å². The second-order valence-corrected chi connectivity index (χ2v) is 14.1. The van der Waals surface area contributed by atoms with Crippen molar-refractivity contribution in [2.45, 2.75) is 125 Å². The summed E-state index contributed by atoms with van der Waals surface area (Å²) < 4.78 is 0. The lowest BCUT2D eigenvalue weighted by molar-refractivity contribution is -0.136. The molecule has 3 N–H and O–H groups in total. The number of aliphatic carboxylic acids is 1. The maximum absolute atomic E-state index is 10.8. The van der Waals surface area contributed by atoms with Crippen LogP contribution in [0.2, 0.25) is 0 Å². The smallest absolute Gasteiger partial charge is 0.303 e. The minimum absolute atomic E-state index is 0.0178. The van der Waals surface area contributed by atoms with Crippen molar-refractivity contribution < 1.29 is 20.1 Å². The molecule has 0 bridgehead atoms. The second-order valence-electron chi connectivity index (χ2n) is 14.1. The summed E-state index contributed by atoms with van der Waals surface area (Å²) in [6.07, 6.45) is 0.597. The number of hydrogen-bond donors (Lipinski definition) is 3. The predicted molar refractivity (Wildman–Crippen MR) is 152 cm³/mol. The van der Waals surface area contributed by atoms with Gasteiger partial charge in [-0.2, -0.15) is 0 Å². The molecule has 0 saturated heterocycles. The molecule has 0 aliphatic rings. The third-order valence-corrected chi connectivity index (χ3v) is 6.28. The maximum Gasteiger partial charge on any atom is 0.303 e. The molecule has 0 radical (unpaired) electrons. The second kappa shape index (κ2) is 10.9. The van der Waals surface area contributed by atoms with Crippen molar-refractivity contribution >= 4 is 5.97 Å². The average molecular weight is 499 g/mol. The van der Waals surface area contributed by atoms with Gasteiger partial charge in [0.25, 0.3) is 0 Å². The summed E-state index contributed by atoms with van der Waals surface area (Å²) in [5, 5.41) is 29.8. The van der Waals surface area contributed by atoms with Gasteiger partial charge in [-0.3, -0.25) is 4.79 Å². The Morgan fingerprint density at radius 2 is 0.889 bits per heavy atom. The molecule has 2 rings (SSSR count). The van der Waals surface area contributed by atoms with Gasteiger partial charge in [0.2, 0.25) is 0 Å². The van der Waals surface area contributed by atoms with Gasteiger partial charge in [-0.1, -0.05) is 113 Å². The maximum atomic E-state index is 10.8.